The third kappa shape index (κ3) is 4.36. The molecule has 1 N–H and O–H groups in total. The Hall–Kier alpha value is -2.41. The van der Waals surface area contributed by atoms with Gasteiger partial charge in [-0.1, -0.05) is 37.3 Å². The largest absolute Gasteiger partial charge is 0.324 e. The van der Waals surface area contributed by atoms with Crippen molar-refractivity contribution >= 4 is 27.3 Å². The number of amides is 1. The average molecular weight is 364 g/mol. The normalized spacial score (nSPS) is 12.5. The van der Waals surface area contributed by atoms with Crippen molar-refractivity contribution in [3.8, 4) is 0 Å². The van der Waals surface area contributed by atoms with Gasteiger partial charge in [-0.05, 0) is 37.1 Å². The lowest BCUT2D eigenvalue weighted by Gasteiger charge is -2.28. The maximum Gasteiger partial charge on any atom is 0.248 e. The van der Waals surface area contributed by atoms with Crippen LogP contribution in [-0.2, 0) is 21.2 Å². The highest BCUT2D eigenvalue weighted by atomic mass is 32.2. The number of hydrogen-bond donors (Lipinski definition) is 1. The fourth-order valence-electron chi connectivity index (χ4n) is 2.60. The van der Waals surface area contributed by atoms with Crippen molar-refractivity contribution in [2.45, 2.75) is 26.3 Å². The predicted octanol–water partition coefficient (Wildman–Crippen LogP) is 3.18. The molecule has 0 unspecified atom stereocenters. The van der Waals surface area contributed by atoms with E-state index in [0.29, 0.717) is 12.1 Å². The van der Waals surface area contributed by atoms with Gasteiger partial charge in [-0.25, -0.2) is 12.8 Å². The predicted molar refractivity (Wildman–Crippen MR) is 97.6 cm³/mol. The Labute approximate surface area is 147 Å². The van der Waals surface area contributed by atoms with Gasteiger partial charge < -0.3 is 5.32 Å². The highest BCUT2D eigenvalue weighted by molar-refractivity contribution is 7.92. The van der Waals surface area contributed by atoms with E-state index >= 15 is 0 Å². The SMILES string of the molecule is CCc1ccccc1NC(=O)[C@@H](C)N(c1ccccc1F)S(C)(=O)=O. The molecule has 0 aliphatic rings. The summed E-state index contributed by atoms with van der Waals surface area (Å²) in [7, 11) is -3.86. The van der Waals surface area contributed by atoms with Crippen LogP contribution in [0.2, 0.25) is 0 Å². The molecule has 0 spiro atoms. The number of aryl methyl sites for hydroxylation is 1. The van der Waals surface area contributed by atoms with Gasteiger partial charge in [0.1, 0.15) is 11.9 Å². The quantitative estimate of drug-likeness (QED) is 0.856. The van der Waals surface area contributed by atoms with Gasteiger partial charge in [0, 0.05) is 5.69 Å². The van der Waals surface area contributed by atoms with Crippen LogP contribution >= 0.6 is 0 Å². The highest BCUT2D eigenvalue weighted by Gasteiger charge is 2.31. The second-order valence-electron chi connectivity index (χ2n) is 5.69. The van der Waals surface area contributed by atoms with Gasteiger partial charge in [-0.3, -0.25) is 9.10 Å². The molecule has 0 aliphatic heterocycles. The van der Waals surface area contributed by atoms with Crippen molar-refractivity contribution in [1.82, 2.24) is 0 Å². The number of hydrogen-bond acceptors (Lipinski definition) is 3. The van der Waals surface area contributed by atoms with Crippen molar-refractivity contribution < 1.29 is 17.6 Å². The fourth-order valence-corrected chi connectivity index (χ4v) is 3.77. The molecule has 2 aromatic carbocycles. The lowest BCUT2D eigenvalue weighted by molar-refractivity contribution is -0.116. The van der Waals surface area contributed by atoms with Crippen LogP contribution in [0.4, 0.5) is 15.8 Å². The Morgan fingerprint density at radius 3 is 2.36 bits per heavy atom. The van der Waals surface area contributed by atoms with Gasteiger partial charge in [0.15, 0.2) is 0 Å². The van der Waals surface area contributed by atoms with E-state index in [9.17, 15) is 17.6 Å². The van der Waals surface area contributed by atoms with Crippen LogP contribution in [0.1, 0.15) is 19.4 Å². The smallest absolute Gasteiger partial charge is 0.248 e. The number of anilines is 2. The van der Waals surface area contributed by atoms with Gasteiger partial charge in [0.25, 0.3) is 0 Å². The maximum atomic E-state index is 14.1. The minimum Gasteiger partial charge on any atom is -0.324 e. The molecule has 7 heteroatoms. The van der Waals surface area contributed by atoms with Crippen LogP contribution in [0.15, 0.2) is 48.5 Å². The zero-order chi connectivity index (χ0) is 18.6. The zero-order valence-electron chi connectivity index (χ0n) is 14.4. The Kier molecular flexibility index (Phi) is 5.79. The number of nitrogens with one attached hydrogen (secondary N) is 1. The number of rotatable bonds is 6. The first-order valence-electron chi connectivity index (χ1n) is 7.88. The summed E-state index contributed by atoms with van der Waals surface area (Å²) >= 11 is 0. The van der Waals surface area contributed by atoms with E-state index in [4.69, 9.17) is 0 Å². The lowest BCUT2D eigenvalue weighted by atomic mass is 10.1. The van der Waals surface area contributed by atoms with E-state index in [0.717, 1.165) is 22.2 Å². The number of carbonyl (C=O) groups is 1. The van der Waals surface area contributed by atoms with Crippen LogP contribution in [0.3, 0.4) is 0 Å². The molecule has 2 aromatic rings. The standard InChI is InChI=1S/C18H21FN2O3S/c1-4-14-9-5-7-11-16(14)20-18(22)13(2)21(25(3,23)24)17-12-8-6-10-15(17)19/h5-13H,4H2,1-3H3,(H,20,22)/t13-/m1/s1. The van der Waals surface area contributed by atoms with E-state index in [1.165, 1.54) is 25.1 Å². The first-order chi connectivity index (χ1) is 11.8. The van der Waals surface area contributed by atoms with Gasteiger partial charge in [0.05, 0.1) is 11.9 Å². The Bertz CT molecular complexity index is 868. The van der Waals surface area contributed by atoms with Crippen LogP contribution in [0.5, 0.6) is 0 Å². The molecular weight excluding hydrogens is 343 g/mol. The molecule has 5 nitrogen and oxygen atoms in total. The molecule has 0 aromatic heterocycles. The molecule has 0 bridgehead atoms. The fraction of sp³-hybridized carbons (Fsp3) is 0.278. The van der Waals surface area contributed by atoms with Crippen molar-refractivity contribution in [2.75, 3.05) is 15.9 Å². The summed E-state index contributed by atoms with van der Waals surface area (Å²) in [5.74, 6) is -1.24. The minimum absolute atomic E-state index is 0.156. The van der Waals surface area contributed by atoms with Crippen molar-refractivity contribution in [3.05, 3.63) is 59.9 Å². The van der Waals surface area contributed by atoms with Crippen molar-refractivity contribution in [1.29, 1.82) is 0 Å². The highest BCUT2D eigenvalue weighted by Crippen LogP contribution is 2.25. The number of benzene rings is 2. The summed E-state index contributed by atoms with van der Waals surface area (Å²) in [6, 6.07) is 11.6. The first-order valence-corrected chi connectivity index (χ1v) is 9.73. The lowest BCUT2D eigenvalue weighted by Crippen LogP contribution is -2.45. The molecule has 2 rings (SSSR count). The van der Waals surface area contributed by atoms with E-state index in [1.807, 2.05) is 19.1 Å². The molecule has 0 saturated heterocycles. The molecule has 134 valence electrons. The summed E-state index contributed by atoms with van der Waals surface area (Å²) in [5.41, 5.74) is 1.39. The number of sulfonamides is 1. The van der Waals surface area contributed by atoms with Crippen LogP contribution in [0, 0.1) is 5.82 Å². The van der Waals surface area contributed by atoms with E-state index in [-0.39, 0.29) is 5.69 Å². The summed E-state index contributed by atoms with van der Waals surface area (Å²) in [4.78, 5) is 12.6. The van der Waals surface area contributed by atoms with E-state index < -0.39 is 27.8 Å². The van der Waals surface area contributed by atoms with Crippen LogP contribution in [0.25, 0.3) is 0 Å². The average Bonchev–Trinajstić information content (AvgIpc) is 2.56. The monoisotopic (exact) mass is 364 g/mol. The van der Waals surface area contributed by atoms with E-state index in [2.05, 4.69) is 5.32 Å². The number of halogens is 1. The topological polar surface area (TPSA) is 66.5 Å². The van der Waals surface area contributed by atoms with Crippen LogP contribution in [-0.4, -0.2) is 26.6 Å². The van der Waals surface area contributed by atoms with Gasteiger partial charge in [-0.2, -0.15) is 0 Å². The molecular formula is C18H21FN2O3S. The second-order valence-corrected chi connectivity index (χ2v) is 7.55. The number of para-hydroxylation sites is 2. The molecule has 1 amide bonds. The number of carbonyl (C=O) groups excluding carboxylic acids is 1. The molecule has 0 heterocycles. The molecule has 0 radical (unpaired) electrons. The Balaban J connectivity index is 2.36. The summed E-state index contributed by atoms with van der Waals surface area (Å²) in [6.45, 7) is 3.38. The third-order valence-electron chi connectivity index (χ3n) is 3.83. The van der Waals surface area contributed by atoms with Crippen molar-refractivity contribution in [2.24, 2.45) is 0 Å². The van der Waals surface area contributed by atoms with Gasteiger partial charge >= 0.3 is 0 Å². The zero-order valence-corrected chi connectivity index (χ0v) is 15.2. The minimum atomic E-state index is -3.86. The second kappa shape index (κ2) is 7.65. The number of nitrogens with zero attached hydrogens (tertiary/aromatic N) is 1. The van der Waals surface area contributed by atoms with Crippen molar-refractivity contribution in [3.63, 3.8) is 0 Å². The van der Waals surface area contributed by atoms with E-state index in [1.54, 1.807) is 12.1 Å². The molecule has 1 atom stereocenters. The van der Waals surface area contributed by atoms with Crippen LogP contribution < -0.4 is 9.62 Å². The third-order valence-corrected chi connectivity index (χ3v) is 5.06. The van der Waals surface area contributed by atoms with Gasteiger partial charge in [0.2, 0.25) is 15.9 Å². The molecule has 0 fully saturated rings. The molecule has 0 saturated carbocycles. The Morgan fingerprint density at radius 1 is 1.16 bits per heavy atom. The maximum absolute atomic E-state index is 14.1. The van der Waals surface area contributed by atoms with Gasteiger partial charge in [-0.15, -0.1) is 0 Å². The summed E-state index contributed by atoms with van der Waals surface area (Å²) in [6.07, 6.45) is 1.66. The summed E-state index contributed by atoms with van der Waals surface area (Å²) in [5, 5.41) is 2.74. The first kappa shape index (κ1) is 18.9. The Morgan fingerprint density at radius 2 is 1.76 bits per heavy atom. The summed E-state index contributed by atoms with van der Waals surface area (Å²) < 4.78 is 39.3. The molecule has 25 heavy (non-hydrogen) atoms. The molecule has 0 aliphatic carbocycles.